The Morgan fingerprint density at radius 1 is 1.24 bits per heavy atom. The monoisotopic (exact) mass is 407 g/mol. The maximum atomic E-state index is 13.3. The number of carbonyl (C=O) groups excluding carboxylic acids is 1. The van der Waals surface area contributed by atoms with E-state index in [1.807, 2.05) is 41.3 Å². The summed E-state index contributed by atoms with van der Waals surface area (Å²) in [4.78, 5) is 15.2. The second-order valence-corrected chi connectivity index (χ2v) is 8.21. The molecule has 6 heteroatoms. The van der Waals surface area contributed by atoms with Crippen molar-refractivity contribution in [1.82, 2.24) is 15.1 Å². The van der Waals surface area contributed by atoms with Crippen LogP contribution in [0.3, 0.4) is 0 Å². The Kier molecular flexibility index (Phi) is 4.64. The Bertz CT molecular complexity index is 1050. The number of halogens is 1. The highest BCUT2D eigenvalue weighted by Gasteiger charge is 2.43. The molecule has 0 bridgehead atoms. The molecule has 2 aliphatic heterocycles. The molecule has 0 radical (unpaired) electrons. The molecule has 1 amide bonds. The van der Waals surface area contributed by atoms with Crippen molar-refractivity contribution in [2.75, 3.05) is 13.2 Å². The molecule has 0 spiro atoms. The lowest BCUT2D eigenvalue weighted by Gasteiger charge is -2.28. The van der Waals surface area contributed by atoms with E-state index in [1.54, 1.807) is 0 Å². The molecule has 0 aliphatic carbocycles. The maximum absolute atomic E-state index is 13.3. The minimum Gasteiger partial charge on any atom is -0.376 e. The number of H-pyrrole nitrogens is 1. The summed E-state index contributed by atoms with van der Waals surface area (Å²) >= 11 is 6.30. The van der Waals surface area contributed by atoms with E-state index in [9.17, 15) is 4.79 Å². The summed E-state index contributed by atoms with van der Waals surface area (Å²) < 4.78 is 5.83. The van der Waals surface area contributed by atoms with Gasteiger partial charge in [0.25, 0.3) is 5.91 Å². The standard InChI is InChI=1S/C23H22ClN3O2/c1-14-7-9-15(10-8-14)20-19-21(26-25-20)23(28)27(13-18-6-3-11-29-18)22(19)16-4-2-5-17(24)12-16/h2,4-5,7-10,12,18,22H,3,6,11,13H2,1H3,(H,25,26). The van der Waals surface area contributed by atoms with E-state index < -0.39 is 0 Å². The van der Waals surface area contributed by atoms with Crippen molar-refractivity contribution < 1.29 is 9.53 Å². The normalized spacial score (nSPS) is 21.0. The molecule has 0 saturated carbocycles. The number of amides is 1. The summed E-state index contributed by atoms with van der Waals surface area (Å²) in [6.07, 6.45) is 2.08. The number of hydrogen-bond donors (Lipinski definition) is 1. The van der Waals surface area contributed by atoms with Crippen LogP contribution in [0.25, 0.3) is 11.3 Å². The fourth-order valence-corrected chi connectivity index (χ4v) is 4.55. The van der Waals surface area contributed by atoms with Gasteiger partial charge in [0.15, 0.2) is 0 Å². The van der Waals surface area contributed by atoms with Crippen molar-refractivity contribution in [3.63, 3.8) is 0 Å². The third-order valence-corrected chi connectivity index (χ3v) is 6.01. The van der Waals surface area contributed by atoms with Gasteiger partial charge in [-0.05, 0) is 37.5 Å². The summed E-state index contributed by atoms with van der Waals surface area (Å²) in [7, 11) is 0. The van der Waals surface area contributed by atoms with Gasteiger partial charge >= 0.3 is 0 Å². The number of hydrogen-bond acceptors (Lipinski definition) is 3. The average Bonchev–Trinajstić information content (AvgIpc) is 3.43. The van der Waals surface area contributed by atoms with Crippen molar-refractivity contribution in [2.24, 2.45) is 0 Å². The zero-order valence-electron chi connectivity index (χ0n) is 16.2. The van der Waals surface area contributed by atoms with Crippen molar-refractivity contribution in [3.8, 4) is 11.3 Å². The smallest absolute Gasteiger partial charge is 0.273 e. The molecule has 3 aromatic rings. The average molecular weight is 408 g/mol. The molecular formula is C23H22ClN3O2. The summed E-state index contributed by atoms with van der Waals surface area (Å²) in [5, 5.41) is 8.17. The van der Waals surface area contributed by atoms with Crippen LogP contribution in [0, 0.1) is 6.92 Å². The first-order valence-corrected chi connectivity index (χ1v) is 10.3. The first kappa shape index (κ1) is 18.4. The van der Waals surface area contributed by atoms with E-state index in [1.165, 1.54) is 5.56 Å². The summed E-state index contributed by atoms with van der Waals surface area (Å²) in [6, 6.07) is 15.7. The van der Waals surface area contributed by atoms with Crippen molar-refractivity contribution >= 4 is 17.5 Å². The van der Waals surface area contributed by atoms with Crippen LogP contribution >= 0.6 is 11.6 Å². The fraction of sp³-hybridized carbons (Fsp3) is 0.304. The Balaban J connectivity index is 1.62. The highest BCUT2D eigenvalue weighted by Crippen LogP contribution is 2.43. The fourth-order valence-electron chi connectivity index (χ4n) is 4.35. The quantitative estimate of drug-likeness (QED) is 0.678. The highest BCUT2D eigenvalue weighted by molar-refractivity contribution is 6.30. The minimum absolute atomic E-state index is 0.0358. The number of nitrogens with zero attached hydrogens (tertiary/aromatic N) is 2. The summed E-state index contributed by atoms with van der Waals surface area (Å²) in [5.41, 5.74) is 5.45. The Morgan fingerprint density at radius 3 is 2.79 bits per heavy atom. The van der Waals surface area contributed by atoms with Crippen LogP contribution in [0.1, 0.15) is 46.1 Å². The Labute approximate surface area is 174 Å². The molecule has 2 atom stereocenters. The van der Waals surface area contributed by atoms with Gasteiger partial charge in [-0.1, -0.05) is 53.6 Å². The van der Waals surface area contributed by atoms with E-state index in [0.29, 0.717) is 17.3 Å². The predicted molar refractivity (Wildman–Crippen MR) is 112 cm³/mol. The number of ether oxygens (including phenoxy) is 1. The van der Waals surface area contributed by atoms with Gasteiger partial charge in [-0.3, -0.25) is 9.89 Å². The predicted octanol–water partition coefficient (Wildman–Crippen LogP) is 4.76. The molecule has 1 fully saturated rings. The van der Waals surface area contributed by atoms with Gasteiger partial charge in [0.1, 0.15) is 5.69 Å². The van der Waals surface area contributed by atoms with Crippen LogP contribution < -0.4 is 0 Å². The first-order valence-electron chi connectivity index (χ1n) is 9.95. The molecule has 1 aromatic heterocycles. The Morgan fingerprint density at radius 2 is 2.07 bits per heavy atom. The lowest BCUT2D eigenvalue weighted by atomic mass is 9.95. The van der Waals surface area contributed by atoms with Gasteiger partial charge in [0.2, 0.25) is 0 Å². The van der Waals surface area contributed by atoms with E-state index in [2.05, 4.69) is 29.3 Å². The van der Waals surface area contributed by atoms with Crippen LogP contribution in [0.2, 0.25) is 5.02 Å². The summed E-state index contributed by atoms with van der Waals surface area (Å²) in [5.74, 6) is -0.0358. The number of benzene rings is 2. The van der Waals surface area contributed by atoms with Gasteiger partial charge in [-0.2, -0.15) is 5.10 Å². The van der Waals surface area contributed by atoms with E-state index in [0.717, 1.165) is 41.8 Å². The number of aromatic nitrogens is 2. The zero-order chi connectivity index (χ0) is 20.0. The van der Waals surface area contributed by atoms with Crippen molar-refractivity contribution in [2.45, 2.75) is 31.9 Å². The van der Waals surface area contributed by atoms with Gasteiger partial charge in [0.05, 0.1) is 17.8 Å². The second kappa shape index (κ2) is 7.32. The molecule has 1 saturated heterocycles. The van der Waals surface area contributed by atoms with Crippen LogP contribution in [0.15, 0.2) is 48.5 Å². The second-order valence-electron chi connectivity index (χ2n) is 7.78. The molecule has 5 nitrogen and oxygen atoms in total. The molecule has 148 valence electrons. The van der Waals surface area contributed by atoms with E-state index in [-0.39, 0.29) is 18.1 Å². The molecule has 2 aromatic carbocycles. The lowest BCUT2D eigenvalue weighted by Crippen LogP contribution is -2.36. The van der Waals surface area contributed by atoms with Crippen molar-refractivity contribution in [1.29, 1.82) is 0 Å². The molecule has 1 N–H and O–H groups in total. The van der Waals surface area contributed by atoms with Gasteiger partial charge in [0, 0.05) is 29.3 Å². The number of nitrogens with one attached hydrogen (secondary N) is 1. The van der Waals surface area contributed by atoms with Crippen LogP contribution in [-0.4, -0.2) is 40.3 Å². The van der Waals surface area contributed by atoms with Crippen LogP contribution in [0.4, 0.5) is 0 Å². The molecular weight excluding hydrogens is 386 g/mol. The third kappa shape index (κ3) is 3.24. The molecule has 5 rings (SSSR count). The number of aromatic amines is 1. The molecule has 2 aliphatic rings. The molecule has 2 unspecified atom stereocenters. The zero-order valence-corrected chi connectivity index (χ0v) is 16.9. The first-order chi connectivity index (χ1) is 14.1. The summed E-state index contributed by atoms with van der Waals surface area (Å²) in [6.45, 7) is 3.38. The minimum atomic E-state index is -0.240. The molecule has 3 heterocycles. The van der Waals surface area contributed by atoms with Gasteiger partial charge in [-0.15, -0.1) is 0 Å². The highest BCUT2D eigenvalue weighted by atomic mass is 35.5. The topological polar surface area (TPSA) is 58.2 Å². The van der Waals surface area contributed by atoms with Crippen LogP contribution in [-0.2, 0) is 4.74 Å². The number of carbonyl (C=O) groups is 1. The van der Waals surface area contributed by atoms with E-state index >= 15 is 0 Å². The van der Waals surface area contributed by atoms with Crippen molar-refractivity contribution in [3.05, 3.63) is 75.9 Å². The Hall–Kier alpha value is -2.63. The number of fused-ring (bicyclic) bond motifs is 1. The van der Waals surface area contributed by atoms with Gasteiger partial charge < -0.3 is 9.64 Å². The third-order valence-electron chi connectivity index (χ3n) is 5.78. The van der Waals surface area contributed by atoms with Crippen LogP contribution in [0.5, 0.6) is 0 Å². The lowest BCUT2D eigenvalue weighted by molar-refractivity contribution is 0.0495. The SMILES string of the molecule is Cc1ccc(-c2n[nH]c3c2C(c2cccc(Cl)c2)N(CC2CCCO2)C3=O)cc1. The van der Waals surface area contributed by atoms with Gasteiger partial charge in [-0.25, -0.2) is 0 Å². The van der Waals surface area contributed by atoms with E-state index in [4.69, 9.17) is 16.3 Å². The maximum Gasteiger partial charge on any atom is 0.273 e. The largest absolute Gasteiger partial charge is 0.376 e. The number of aryl methyl sites for hydroxylation is 1. The molecule has 29 heavy (non-hydrogen) atoms. The number of rotatable bonds is 4.